The van der Waals surface area contributed by atoms with Crippen LogP contribution in [0, 0.1) is 0 Å². The van der Waals surface area contributed by atoms with Crippen LogP contribution in [-0.4, -0.2) is 15.9 Å². The Kier molecular flexibility index (Phi) is 5.40. The maximum absolute atomic E-state index is 12.6. The molecule has 5 nitrogen and oxygen atoms in total. The van der Waals surface area contributed by atoms with Crippen molar-refractivity contribution in [2.24, 2.45) is 0 Å². The van der Waals surface area contributed by atoms with Crippen molar-refractivity contribution in [1.29, 1.82) is 0 Å². The molecular weight excluding hydrogens is 368 g/mol. The van der Waals surface area contributed by atoms with Gasteiger partial charge < -0.3 is 10.6 Å². The van der Waals surface area contributed by atoms with Crippen LogP contribution < -0.4 is 10.6 Å². The molecule has 6 heteroatoms. The van der Waals surface area contributed by atoms with Gasteiger partial charge in [0.2, 0.25) is 0 Å². The second-order valence-corrected chi connectivity index (χ2v) is 7.12. The molecule has 0 unspecified atom stereocenters. The number of rotatable bonds is 6. The molecule has 0 saturated heterocycles. The zero-order valence-electron chi connectivity index (χ0n) is 15.0. The first kappa shape index (κ1) is 17.9. The van der Waals surface area contributed by atoms with Gasteiger partial charge in [0, 0.05) is 40.9 Å². The molecule has 0 saturated carbocycles. The number of carbonyl (C=O) groups is 1. The monoisotopic (exact) mass is 386 g/mol. The molecule has 2 heterocycles. The van der Waals surface area contributed by atoms with Crippen LogP contribution in [-0.2, 0) is 6.42 Å². The molecule has 0 aliphatic rings. The van der Waals surface area contributed by atoms with Gasteiger partial charge >= 0.3 is 0 Å². The lowest BCUT2D eigenvalue weighted by Gasteiger charge is -2.09. The summed E-state index contributed by atoms with van der Waals surface area (Å²) < 4.78 is 0. The lowest BCUT2D eigenvalue weighted by atomic mass is 10.1. The number of benzene rings is 2. The van der Waals surface area contributed by atoms with E-state index in [9.17, 15) is 4.79 Å². The number of thiazole rings is 1. The minimum atomic E-state index is -0.148. The molecule has 0 bridgehead atoms. The van der Waals surface area contributed by atoms with Crippen molar-refractivity contribution in [1.82, 2.24) is 9.97 Å². The van der Waals surface area contributed by atoms with Gasteiger partial charge in [-0.1, -0.05) is 18.2 Å². The molecular formula is C22H18N4OS. The Balaban J connectivity index is 1.40. The Morgan fingerprint density at radius 3 is 2.43 bits per heavy atom. The fourth-order valence-electron chi connectivity index (χ4n) is 2.79. The fourth-order valence-corrected chi connectivity index (χ4v) is 3.34. The summed E-state index contributed by atoms with van der Waals surface area (Å²) in [5.41, 5.74) is 4.56. The minimum absolute atomic E-state index is 0.148. The second kappa shape index (κ2) is 8.45. The molecule has 2 aromatic heterocycles. The standard InChI is InChI=1S/C22H18N4OS/c27-21(18-2-1-3-20(15-18)26-22-24-12-13-28-22)25-19-6-4-16(5-7-19)14-17-8-10-23-11-9-17/h1-13,15H,14H2,(H,24,26)(H,25,27). The second-order valence-electron chi connectivity index (χ2n) is 6.23. The lowest BCUT2D eigenvalue weighted by molar-refractivity contribution is 0.102. The third-order valence-electron chi connectivity index (χ3n) is 4.18. The maximum Gasteiger partial charge on any atom is 0.255 e. The van der Waals surface area contributed by atoms with Crippen LogP contribution in [0.15, 0.2) is 84.6 Å². The van der Waals surface area contributed by atoms with Crippen molar-refractivity contribution in [3.8, 4) is 0 Å². The van der Waals surface area contributed by atoms with Crippen LogP contribution in [0.5, 0.6) is 0 Å². The van der Waals surface area contributed by atoms with Crippen LogP contribution in [0.2, 0.25) is 0 Å². The molecule has 0 spiro atoms. The number of nitrogens with zero attached hydrogens (tertiary/aromatic N) is 2. The largest absolute Gasteiger partial charge is 0.332 e. The van der Waals surface area contributed by atoms with E-state index in [1.54, 1.807) is 24.7 Å². The van der Waals surface area contributed by atoms with E-state index in [4.69, 9.17) is 0 Å². The Morgan fingerprint density at radius 2 is 1.68 bits per heavy atom. The zero-order valence-corrected chi connectivity index (χ0v) is 15.8. The highest BCUT2D eigenvalue weighted by Gasteiger charge is 2.08. The molecule has 0 atom stereocenters. The molecule has 0 aliphatic heterocycles. The van der Waals surface area contributed by atoms with E-state index in [0.29, 0.717) is 5.56 Å². The van der Waals surface area contributed by atoms with E-state index in [-0.39, 0.29) is 5.91 Å². The number of carbonyl (C=O) groups excluding carboxylic acids is 1. The van der Waals surface area contributed by atoms with Gasteiger partial charge in [-0.05, 0) is 60.0 Å². The first-order chi connectivity index (χ1) is 13.8. The highest BCUT2D eigenvalue weighted by atomic mass is 32.1. The number of aromatic nitrogens is 2. The third-order valence-corrected chi connectivity index (χ3v) is 4.87. The summed E-state index contributed by atoms with van der Waals surface area (Å²) in [7, 11) is 0. The average Bonchev–Trinajstić information content (AvgIpc) is 3.23. The molecule has 1 amide bonds. The molecule has 138 valence electrons. The van der Waals surface area contributed by atoms with Crippen molar-refractivity contribution >= 4 is 33.8 Å². The maximum atomic E-state index is 12.6. The van der Waals surface area contributed by atoms with Gasteiger partial charge in [0.1, 0.15) is 0 Å². The van der Waals surface area contributed by atoms with Gasteiger partial charge in [-0.25, -0.2) is 4.98 Å². The van der Waals surface area contributed by atoms with Crippen molar-refractivity contribution in [2.45, 2.75) is 6.42 Å². The van der Waals surface area contributed by atoms with Crippen LogP contribution in [0.25, 0.3) is 0 Å². The van der Waals surface area contributed by atoms with Gasteiger partial charge in [0.05, 0.1) is 0 Å². The molecule has 4 aromatic rings. The van der Waals surface area contributed by atoms with E-state index in [1.165, 1.54) is 22.5 Å². The zero-order chi connectivity index (χ0) is 19.2. The summed E-state index contributed by atoms with van der Waals surface area (Å²) in [5, 5.41) is 8.84. The van der Waals surface area contributed by atoms with Crippen molar-refractivity contribution < 1.29 is 4.79 Å². The van der Waals surface area contributed by atoms with Gasteiger partial charge in [0.15, 0.2) is 5.13 Å². The Bertz CT molecular complexity index is 1050. The molecule has 2 N–H and O–H groups in total. The summed E-state index contributed by atoms with van der Waals surface area (Å²) in [4.78, 5) is 20.8. The number of hydrogen-bond acceptors (Lipinski definition) is 5. The summed E-state index contributed by atoms with van der Waals surface area (Å²) in [6.07, 6.45) is 6.16. The smallest absolute Gasteiger partial charge is 0.255 e. The van der Waals surface area contributed by atoms with Crippen LogP contribution in [0.1, 0.15) is 21.5 Å². The van der Waals surface area contributed by atoms with Crippen molar-refractivity contribution in [3.63, 3.8) is 0 Å². The number of amides is 1. The minimum Gasteiger partial charge on any atom is -0.332 e. The summed E-state index contributed by atoms with van der Waals surface area (Å²) in [6.45, 7) is 0. The molecule has 0 aliphatic carbocycles. The highest BCUT2D eigenvalue weighted by Crippen LogP contribution is 2.20. The van der Waals surface area contributed by atoms with Gasteiger partial charge in [-0.3, -0.25) is 9.78 Å². The molecule has 28 heavy (non-hydrogen) atoms. The fraction of sp³-hybridized carbons (Fsp3) is 0.0455. The van der Waals surface area contributed by atoms with Gasteiger partial charge in [-0.15, -0.1) is 11.3 Å². The van der Waals surface area contributed by atoms with Crippen LogP contribution in [0.3, 0.4) is 0 Å². The predicted octanol–water partition coefficient (Wildman–Crippen LogP) is 5.12. The van der Waals surface area contributed by atoms with Gasteiger partial charge in [-0.2, -0.15) is 0 Å². The van der Waals surface area contributed by atoms with Crippen molar-refractivity contribution in [3.05, 3.63) is 101 Å². The molecule has 0 radical (unpaired) electrons. The quantitative estimate of drug-likeness (QED) is 0.482. The highest BCUT2D eigenvalue weighted by molar-refractivity contribution is 7.13. The lowest BCUT2D eigenvalue weighted by Crippen LogP contribution is -2.12. The summed E-state index contributed by atoms with van der Waals surface area (Å²) in [5.74, 6) is -0.148. The van der Waals surface area contributed by atoms with Crippen LogP contribution in [0.4, 0.5) is 16.5 Å². The first-order valence-corrected chi connectivity index (χ1v) is 9.70. The molecule has 4 rings (SSSR count). The Labute approximate surface area is 167 Å². The normalized spacial score (nSPS) is 10.4. The third kappa shape index (κ3) is 4.61. The van der Waals surface area contributed by atoms with E-state index < -0.39 is 0 Å². The SMILES string of the molecule is O=C(Nc1ccc(Cc2ccncc2)cc1)c1cccc(Nc2nccs2)c1. The Morgan fingerprint density at radius 1 is 0.893 bits per heavy atom. The van der Waals surface area contributed by atoms with Gasteiger partial charge in [0.25, 0.3) is 5.91 Å². The number of pyridine rings is 1. The number of anilines is 3. The van der Waals surface area contributed by atoms with Crippen LogP contribution >= 0.6 is 11.3 Å². The topological polar surface area (TPSA) is 66.9 Å². The predicted molar refractivity (Wildman–Crippen MR) is 113 cm³/mol. The van der Waals surface area contributed by atoms with E-state index in [2.05, 4.69) is 20.6 Å². The molecule has 0 fully saturated rings. The Hall–Kier alpha value is -3.51. The van der Waals surface area contributed by atoms with E-state index >= 15 is 0 Å². The van der Waals surface area contributed by atoms with E-state index in [1.807, 2.05) is 60.0 Å². The number of hydrogen-bond donors (Lipinski definition) is 2. The first-order valence-electron chi connectivity index (χ1n) is 8.82. The van der Waals surface area contributed by atoms with Crippen molar-refractivity contribution in [2.75, 3.05) is 10.6 Å². The summed E-state index contributed by atoms with van der Waals surface area (Å²) >= 11 is 1.51. The van der Waals surface area contributed by atoms with E-state index in [0.717, 1.165) is 22.9 Å². The average molecular weight is 386 g/mol. The summed E-state index contributed by atoms with van der Waals surface area (Å²) in [6, 6.07) is 19.3. The molecule has 2 aromatic carbocycles. The number of nitrogens with one attached hydrogen (secondary N) is 2.